The van der Waals surface area contributed by atoms with E-state index < -0.39 is 0 Å². The van der Waals surface area contributed by atoms with Crippen LogP contribution in [0.1, 0.15) is 5.56 Å². The first-order valence-electron chi connectivity index (χ1n) is 3.94. The van der Waals surface area contributed by atoms with Crippen LogP contribution in [-0.2, 0) is 4.79 Å². The highest BCUT2D eigenvalue weighted by Gasteiger charge is 1.78. The summed E-state index contributed by atoms with van der Waals surface area (Å²) in [5.41, 5.74) is 3.77. The summed E-state index contributed by atoms with van der Waals surface area (Å²) in [5, 5.41) is 0. The minimum absolute atomic E-state index is 1.12. The molecule has 1 radical (unpaired) electrons. The van der Waals surface area contributed by atoms with E-state index in [0.29, 0.717) is 0 Å². The number of hydrogen-bond acceptors (Lipinski definition) is 1. The van der Waals surface area contributed by atoms with Gasteiger partial charge in [-0.25, -0.2) is 0 Å². The summed E-state index contributed by atoms with van der Waals surface area (Å²) >= 11 is 0. The molecule has 0 aromatic heterocycles. The van der Waals surface area contributed by atoms with Gasteiger partial charge in [-0.05, 0) is 11.6 Å². The van der Waals surface area contributed by atoms with Gasteiger partial charge in [-0.3, -0.25) is 4.79 Å². The smallest absolute Gasteiger partial charge is 0.234 e. The third-order valence-electron chi connectivity index (χ3n) is 1.42. The molecular weight excluding hydrogens is 160 g/mol. The van der Waals surface area contributed by atoms with Crippen LogP contribution in [0.4, 0.5) is 0 Å². The van der Waals surface area contributed by atoms with Crippen LogP contribution in [0.5, 0.6) is 0 Å². The molecule has 0 heterocycles. The van der Waals surface area contributed by atoms with Gasteiger partial charge in [-0.1, -0.05) is 42.5 Å². The maximum atomic E-state index is 9.75. The highest BCUT2D eigenvalue weighted by molar-refractivity contribution is 5.65. The fraction of sp³-hybridized carbons (Fsp3) is 0. The van der Waals surface area contributed by atoms with Gasteiger partial charge in [0, 0.05) is 6.08 Å². The summed E-state index contributed by atoms with van der Waals surface area (Å²) in [6.07, 6.45) is 8.24. The molecule has 0 amide bonds. The van der Waals surface area contributed by atoms with Crippen LogP contribution in [0, 0.1) is 0 Å². The van der Waals surface area contributed by atoms with Crippen LogP contribution in [-0.4, -0.2) is 6.29 Å². The molecule has 63 valence electrons. The minimum Gasteiger partial charge on any atom is -0.285 e. The number of carbonyl (C=O) groups excluding carboxylic acids is 1. The monoisotopic (exact) mass is 169 g/mol. The maximum absolute atomic E-state index is 9.75. The van der Waals surface area contributed by atoms with Gasteiger partial charge in [0.05, 0.1) is 0 Å². The van der Waals surface area contributed by atoms with Crippen molar-refractivity contribution in [2.24, 2.45) is 0 Å². The van der Waals surface area contributed by atoms with E-state index >= 15 is 0 Å². The van der Waals surface area contributed by atoms with Crippen molar-refractivity contribution in [1.29, 1.82) is 0 Å². The van der Waals surface area contributed by atoms with Gasteiger partial charge in [0.25, 0.3) is 0 Å². The molecule has 0 unspecified atom stereocenters. The Kier molecular flexibility index (Phi) is 4.09. The molecule has 0 atom stereocenters. The Morgan fingerprint density at radius 3 is 2.62 bits per heavy atom. The molecule has 0 aliphatic carbocycles. The van der Waals surface area contributed by atoms with E-state index in [9.17, 15) is 4.79 Å². The average molecular weight is 169 g/mol. The Morgan fingerprint density at radius 2 is 1.92 bits per heavy atom. The molecule has 0 N–H and O–H groups in total. The van der Waals surface area contributed by atoms with Crippen molar-refractivity contribution in [2.75, 3.05) is 0 Å². The molecule has 0 aliphatic rings. The Labute approximate surface area is 77.7 Å². The van der Waals surface area contributed by atoms with Crippen LogP contribution in [0.25, 0.3) is 6.08 Å². The molecule has 0 bridgehead atoms. The van der Waals surface area contributed by atoms with Gasteiger partial charge >= 0.3 is 0 Å². The van der Waals surface area contributed by atoms with Gasteiger partial charge in [0.1, 0.15) is 0 Å². The van der Waals surface area contributed by atoms with Gasteiger partial charge < -0.3 is 0 Å². The van der Waals surface area contributed by atoms with Crippen molar-refractivity contribution in [3.63, 3.8) is 0 Å². The Morgan fingerprint density at radius 1 is 1.15 bits per heavy atom. The fourth-order valence-corrected chi connectivity index (χ4v) is 0.861. The molecule has 1 nitrogen and oxygen atoms in total. The fourth-order valence-electron chi connectivity index (χ4n) is 0.861. The zero-order valence-electron chi connectivity index (χ0n) is 7.10. The molecular formula is C12H9O. The minimum atomic E-state index is 1.12. The van der Waals surface area contributed by atoms with E-state index in [-0.39, 0.29) is 0 Å². The summed E-state index contributed by atoms with van der Waals surface area (Å²) in [6, 6.07) is 9.91. The van der Waals surface area contributed by atoms with E-state index in [0.717, 1.165) is 5.56 Å². The normalized spacial score (nSPS) is 9.23. The highest BCUT2D eigenvalue weighted by Crippen LogP contribution is 2.00. The lowest BCUT2D eigenvalue weighted by molar-refractivity contribution is 0.564. The second kappa shape index (κ2) is 5.76. The summed E-state index contributed by atoms with van der Waals surface area (Å²) < 4.78 is 0. The van der Waals surface area contributed by atoms with E-state index in [1.165, 1.54) is 6.08 Å². The predicted octanol–water partition coefficient (Wildman–Crippen LogP) is 2.52. The highest BCUT2D eigenvalue weighted by atomic mass is 16.1. The summed E-state index contributed by atoms with van der Waals surface area (Å²) in [5.74, 6) is 0. The first-order valence-corrected chi connectivity index (χ1v) is 3.94. The molecule has 1 aromatic carbocycles. The summed E-state index contributed by atoms with van der Waals surface area (Å²) in [6.45, 7) is 0. The standard InChI is InChI=1S/C12H9O/c13-11-7-2-1-4-8-12-9-5-3-6-10-12/h1,3-10H/b8-4+. The Bertz CT molecular complexity index is 341. The van der Waals surface area contributed by atoms with Crippen LogP contribution < -0.4 is 0 Å². The number of benzene rings is 1. The third-order valence-corrected chi connectivity index (χ3v) is 1.42. The van der Waals surface area contributed by atoms with Crippen molar-refractivity contribution in [1.82, 2.24) is 0 Å². The molecule has 0 saturated heterocycles. The van der Waals surface area contributed by atoms with Gasteiger partial charge in [-0.2, -0.15) is 0 Å². The zero-order chi connectivity index (χ0) is 9.36. The second-order valence-electron chi connectivity index (χ2n) is 2.37. The summed E-state index contributed by atoms with van der Waals surface area (Å²) in [7, 11) is 0. The van der Waals surface area contributed by atoms with Crippen LogP contribution in [0.15, 0.2) is 54.3 Å². The first kappa shape index (κ1) is 9.24. The number of rotatable bonds is 3. The van der Waals surface area contributed by atoms with E-state index in [1.54, 1.807) is 12.4 Å². The first-order chi connectivity index (χ1) is 6.43. The maximum Gasteiger partial charge on any atom is 0.234 e. The molecule has 0 saturated carbocycles. The largest absolute Gasteiger partial charge is 0.285 e. The molecule has 13 heavy (non-hydrogen) atoms. The Hall–Kier alpha value is -1.85. The van der Waals surface area contributed by atoms with Crippen LogP contribution in [0.2, 0.25) is 0 Å². The van der Waals surface area contributed by atoms with Crippen LogP contribution in [0.3, 0.4) is 0 Å². The molecule has 1 heteroatoms. The average Bonchev–Trinajstić information content (AvgIpc) is 2.19. The SMILES string of the molecule is O=[C]C=C=C/C=C/c1ccccc1. The number of allylic oxidation sites excluding steroid dienone is 2. The third kappa shape index (κ3) is 3.90. The van der Waals surface area contributed by atoms with Gasteiger partial charge in [0.15, 0.2) is 0 Å². The number of hydrogen-bond donors (Lipinski definition) is 0. The van der Waals surface area contributed by atoms with Gasteiger partial charge in [0.2, 0.25) is 6.29 Å². The molecule has 0 spiro atoms. The van der Waals surface area contributed by atoms with Gasteiger partial charge in [-0.15, -0.1) is 5.73 Å². The van der Waals surface area contributed by atoms with Crippen molar-refractivity contribution in [3.8, 4) is 0 Å². The molecule has 0 fully saturated rings. The lowest BCUT2D eigenvalue weighted by Gasteiger charge is -1.87. The van der Waals surface area contributed by atoms with Crippen molar-refractivity contribution < 1.29 is 4.79 Å². The second-order valence-corrected chi connectivity index (χ2v) is 2.37. The predicted molar refractivity (Wildman–Crippen MR) is 53.8 cm³/mol. The van der Waals surface area contributed by atoms with E-state index in [4.69, 9.17) is 0 Å². The topological polar surface area (TPSA) is 17.1 Å². The lowest BCUT2D eigenvalue weighted by Crippen LogP contribution is -1.66. The molecule has 1 rings (SSSR count). The molecule has 0 aliphatic heterocycles. The van der Waals surface area contributed by atoms with Crippen molar-refractivity contribution in [2.45, 2.75) is 0 Å². The van der Waals surface area contributed by atoms with E-state index in [1.807, 2.05) is 42.5 Å². The van der Waals surface area contributed by atoms with E-state index in [2.05, 4.69) is 5.73 Å². The van der Waals surface area contributed by atoms with Crippen LogP contribution >= 0.6 is 0 Å². The van der Waals surface area contributed by atoms with Crippen molar-refractivity contribution >= 4 is 12.4 Å². The summed E-state index contributed by atoms with van der Waals surface area (Å²) in [4.78, 5) is 9.75. The Balaban J connectivity index is 2.60. The van der Waals surface area contributed by atoms with Crippen molar-refractivity contribution in [3.05, 3.63) is 59.9 Å². The lowest BCUT2D eigenvalue weighted by atomic mass is 10.2. The molecule has 1 aromatic rings. The zero-order valence-corrected chi connectivity index (χ0v) is 7.10. The quantitative estimate of drug-likeness (QED) is 0.386.